The van der Waals surface area contributed by atoms with Gasteiger partial charge in [0.25, 0.3) is 0 Å². The summed E-state index contributed by atoms with van der Waals surface area (Å²) in [5.41, 5.74) is 6.42. The van der Waals surface area contributed by atoms with Crippen LogP contribution < -0.4 is 16.2 Å². The minimum atomic E-state index is -3.54. The molecular formula is C21H26F2N4O3S. The number of rotatable bonds is 8. The largest absolute Gasteiger partial charge is 0.322 e. The molecule has 7 nitrogen and oxygen atoms in total. The van der Waals surface area contributed by atoms with E-state index >= 15 is 0 Å². The fourth-order valence-corrected chi connectivity index (χ4v) is 4.97. The first kappa shape index (κ1) is 23.3. The molecule has 1 aliphatic heterocycles. The number of anilines is 1. The van der Waals surface area contributed by atoms with Crippen LogP contribution in [0, 0.1) is 24.5 Å². The molecule has 0 aromatic heterocycles. The van der Waals surface area contributed by atoms with Gasteiger partial charge in [-0.2, -0.15) is 4.31 Å². The molecule has 0 saturated carbocycles. The van der Waals surface area contributed by atoms with Gasteiger partial charge in [-0.15, -0.1) is 0 Å². The van der Waals surface area contributed by atoms with E-state index in [1.165, 1.54) is 4.31 Å². The third-order valence-corrected chi connectivity index (χ3v) is 6.99. The first-order valence-electron chi connectivity index (χ1n) is 10.0. The molecule has 10 heteroatoms. The molecule has 3 N–H and O–H groups in total. The van der Waals surface area contributed by atoms with Crippen LogP contribution in [0.25, 0.3) is 0 Å². The van der Waals surface area contributed by atoms with Crippen molar-refractivity contribution in [2.75, 3.05) is 31.5 Å². The number of hydrazine groups is 1. The van der Waals surface area contributed by atoms with Crippen LogP contribution in [0.3, 0.4) is 0 Å². The molecule has 1 atom stereocenters. The highest BCUT2D eigenvalue weighted by Crippen LogP contribution is 2.23. The monoisotopic (exact) mass is 452 g/mol. The number of hydrogen-bond acceptors (Lipinski definition) is 5. The fourth-order valence-electron chi connectivity index (χ4n) is 3.42. The molecule has 1 heterocycles. The van der Waals surface area contributed by atoms with Gasteiger partial charge < -0.3 is 5.32 Å². The number of carbonyl (C=O) groups excluding carboxylic acids is 1. The SMILES string of the molecule is Cc1ccc(S(=O)(=O)N2CCCC(CNNCC(=O)Nc3cc(F)ccc3F)C2)cc1. The van der Waals surface area contributed by atoms with Crippen molar-refractivity contribution in [1.29, 1.82) is 0 Å². The third kappa shape index (κ3) is 6.30. The van der Waals surface area contributed by atoms with Gasteiger partial charge in [0.1, 0.15) is 11.6 Å². The van der Waals surface area contributed by atoms with Gasteiger partial charge in [0.2, 0.25) is 15.9 Å². The number of halogens is 2. The van der Waals surface area contributed by atoms with E-state index in [1.54, 1.807) is 24.3 Å². The summed E-state index contributed by atoms with van der Waals surface area (Å²) in [4.78, 5) is 12.2. The van der Waals surface area contributed by atoms with Crippen LogP contribution in [0.1, 0.15) is 18.4 Å². The molecule has 31 heavy (non-hydrogen) atoms. The van der Waals surface area contributed by atoms with Gasteiger partial charge in [-0.1, -0.05) is 17.7 Å². The van der Waals surface area contributed by atoms with Crippen molar-refractivity contribution in [3.63, 3.8) is 0 Å². The van der Waals surface area contributed by atoms with Gasteiger partial charge >= 0.3 is 0 Å². The molecule has 0 aliphatic carbocycles. The van der Waals surface area contributed by atoms with Gasteiger partial charge in [-0.05, 0) is 49.9 Å². The van der Waals surface area contributed by atoms with Crippen LogP contribution in [0.5, 0.6) is 0 Å². The number of piperidine rings is 1. The summed E-state index contributed by atoms with van der Waals surface area (Å²) in [6, 6.07) is 9.61. The lowest BCUT2D eigenvalue weighted by atomic mass is 10.0. The second kappa shape index (κ2) is 10.3. The first-order chi connectivity index (χ1) is 14.8. The standard InChI is InChI=1S/C21H26F2N4O3S/c1-15-4-7-18(8-5-15)31(29,30)27-10-2-3-16(14-27)12-24-25-13-21(28)26-20-11-17(22)6-9-19(20)23/h4-9,11,16,24-25H,2-3,10,12-14H2,1H3,(H,26,28). The summed E-state index contributed by atoms with van der Waals surface area (Å²) in [7, 11) is -3.54. The van der Waals surface area contributed by atoms with Crippen molar-refractivity contribution >= 4 is 21.6 Å². The topological polar surface area (TPSA) is 90.5 Å². The van der Waals surface area contributed by atoms with Gasteiger partial charge in [-0.3, -0.25) is 10.2 Å². The Hall–Kier alpha value is -2.40. The Balaban J connectivity index is 1.45. The highest BCUT2D eigenvalue weighted by Gasteiger charge is 2.30. The lowest BCUT2D eigenvalue weighted by Crippen LogP contribution is -2.46. The van der Waals surface area contributed by atoms with Crippen LogP contribution in [0.4, 0.5) is 14.5 Å². The number of hydrogen-bond donors (Lipinski definition) is 3. The van der Waals surface area contributed by atoms with Crippen LogP contribution in [0.15, 0.2) is 47.4 Å². The van der Waals surface area contributed by atoms with Crippen molar-refractivity contribution in [3.05, 3.63) is 59.7 Å². The summed E-state index contributed by atoms with van der Waals surface area (Å²) in [5, 5.41) is 2.29. The van der Waals surface area contributed by atoms with E-state index < -0.39 is 27.6 Å². The molecule has 3 rings (SSSR count). The average Bonchev–Trinajstić information content (AvgIpc) is 2.74. The maximum atomic E-state index is 13.6. The zero-order chi connectivity index (χ0) is 22.4. The van der Waals surface area contributed by atoms with E-state index in [0.717, 1.165) is 36.6 Å². The summed E-state index contributed by atoms with van der Waals surface area (Å²) in [5.74, 6) is -1.83. The van der Waals surface area contributed by atoms with E-state index in [-0.39, 0.29) is 23.0 Å². The number of amides is 1. The van der Waals surface area contributed by atoms with Gasteiger partial charge in [0.15, 0.2) is 0 Å². The lowest BCUT2D eigenvalue weighted by Gasteiger charge is -2.32. The van der Waals surface area contributed by atoms with Gasteiger partial charge in [0, 0.05) is 25.7 Å². The Labute approximate surface area is 180 Å². The summed E-state index contributed by atoms with van der Waals surface area (Å²) in [6.45, 7) is 3.06. The van der Waals surface area contributed by atoms with Crippen LogP contribution in [0.2, 0.25) is 0 Å². The molecule has 1 unspecified atom stereocenters. The average molecular weight is 453 g/mol. The first-order valence-corrected chi connectivity index (χ1v) is 11.5. The predicted octanol–water partition coefficient (Wildman–Crippen LogP) is 2.41. The van der Waals surface area contributed by atoms with Crippen molar-refractivity contribution in [3.8, 4) is 0 Å². The molecule has 1 fully saturated rings. The molecule has 1 amide bonds. The minimum Gasteiger partial charge on any atom is -0.322 e. The normalized spacial score (nSPS) is 17.5. The minimum absolute atomic E-state index is 0.0743. The van der Waals surface area contributed by atoms with Crippen LogP contribution in [-0.4, -0.2) is 44.8 Å². The molecule has 2 aromatic rings. The Morgan fingerprint density at radius 1 is 1.13 bits per heavy atom. The number of carbonyl (C=O) groups is 1. The van der Waals surface area contributed by atoms with Crippen molar-refractivity contribution in [2.24, 2.45) is 5.92 Å². The highest BCUT2D eigenvalue weighted by atomic mass is 32.2. The predicted molar refractivity (Wildman–Crippen MR) is 114 cm³/mol. The third-order valence-electron chi connectivity index (χ3n) is 5.11. The van der Waals surface area contributed by atoms with Gasteiger partial charge in [-0.25, -0.2) is 22.6 Å². The smallest absolute Gasteiger partial charge is 0.243 e. The molecule has 1 aliphatic rings. The summed E-state index contributed by atoms with van der Waals surface area (Å²) < 4.78 is 54.0. The molecule has 0 bridgehead atoms. The van der Waals surface area contributed by atoms with Crippen molar-refractivity contribution in [2.45, 2.75) is 24.7 Å². The molecule has 2 aromatic carbocycles. The number of nitrogens with one attached hydrogen (secondary N) is 3. The van der Waals surface area contributed by atoms with E-state index in [4.69, 9.17) is 0 Å². The van der Waals surface area contributed by atoms with Crippen LogP contribution >= 0.6 is 0 Å². The summed E-state index contributed by atoms with van der Waals surface area (Å²) in [6.07, 6.45) is 1.60. The Bertz CT molecular complexity index is 1020. The van der Waals surface area contributed by atoms with E-state index in [1.807, 2.05) is 6.92 Å². The maximum Gasteiger partial charge on any atom is 0.243 e. The number of benzene rings is 2. The Kier molecular flexibility index (Phi) is 7.71. The van der Waals surface area contributed by atoms with Crippen molar-refractivity contribution in [1.82, 2.24) is 15.2 Å². The summed E-state index contributed by atoms with van der Waals surface area (Å²) >= 11 is 0. The molecular weight excluding hydrogens is 426 g/mol. The molecule has 0 spiro atoms. The molecule has 168 valence electrons. The second-order valence-corrected chi connectivity index (χ2v) is 9.53. The maximum absolute atomic E-state index is 13.6. The number of aryl methyl sites for hydroxylation is 1. The molecule has 1 saturated heterocycles. The fraction of sp³-hybridized carbons (Fsp3) is 0.381. The highest BCUT2D eigenvalue weighted by molar-refractivity contribution is 7.89. The zero-order valence-electron chi connectivity index (χ0n) is 17.2. The van der Waals surface area contributed by atoms with E-state index in [0.29, 0.717) is 19.6 Å². The Morgan fingerprint density at radius 2 is 1.87 bits per heavy atom. The lowest BCUT2D eigenvalue weighted by molar-refractivity contribution is -0.115. The second-order valence-electron chi connectivity index (χ2n) is 7.59. The van der Waals surface area contributed by atoms with Crippen molar-refractivity contribution < 1.29 is 22.0 Å². The van der Waals surface area contributed by atoms with Gasteiger partial charge in [0.05, 0.1) is 17.1 Å². The Morgan fingerprint density at radius 3 is 2.61 bits per heavy atom. The number of nitrogens with zero attached hydrogens (tertiary/aromatic N) is 1. The quantitative estimate of drug-likeness (QED) is 0.423. The molecule has 0 radical (unpaired) electrons. The van der Waals surface area contributed by atoms with E-state index in [2.05, 4.69) is 16.2 Å². The van der Waals surface area contributed by atoms with E-state index in [9.17, 15) is 22.0 Å². The zero-order valence-corrected chi connectivity index (χ0v) is 18.0. The number of sulfonamides is 1. The van der Waals surface area contributed by atoms with Crippen LogP contribution in [-0.2, 0) is 14.8 Å².